The lowest BCUT2D eigenvalue weighted by Gasteiger charge is -2.23. The highest BCUT2D eigenvalue weighted by Crippen LogP contribution is 2.07. The molecular weight excluding hydrogens is 176 g/mol. The first-order valence-corrected chi connectivity index (χ1v) is 5.16. The predicted molar refractivity (Wildman–Crippen MR) is 55.2 cm³/mol. The molecule has 0 aliphatic carbocycles. The lowest BCUT2D eigenvalue weighted by molar-refractivity contribution is 0.0238. The van der Waals surface area contributed by atoms with Gasteiger partial charge in [-0.25, -0.2) is 0 Å². The lowest BCUT2D eigenvalue weighted by atomic mass is 10.1. The van der Waals surface area contributed by atoms with E-state index in [9.17, 15) is 0 Å². The van der Waals surface area contributed by atoms with E-state index in [2.05, 4.69) is 22.4 Å². The number of aryl methyl sites for hydroxylation is 1. The van der Waals surface area contributed by atoms with Crippen LogP contribution < -0.4 is 5.32 Å². The predicted octanol–water partition coefficient (Wildman–Crippen LogP) is 1.00. The van der Waals surface area contributed by atoms with Gasteiger partial charge in [-0.05, 0) is 30.5 Å². The number of morpholine rings is 1. The number of rotatable bonds is 3. The fourth-order valence-corrected chi connectivity index (χ4v) is 1.68. The van der Waals surface area contributed by atoms with Gasteiger partial charge in [-0.15, -0.1) is 0 Å². The van der Waals surface area contributed by atoms with Gasteiger partial charge in [0.1, 0.15) is 0 Å². The van der Waals surface area contributed by atoms with E-state index in [1.807, 2.05) is 12.4 Å². The Labute approximate surface area is 84.5 Å². The summed E-state index contributed by atoms with van der Waals surface area (Å²) in [6, 6.07) is 4.13. The van der Waals surface area contributed by atoms with E-state index in [-0.39, 0.29) is 0 Å². The van der Waals surface area contributed by atoms with Crippen molar-refractivity contribution in [3.8, 4) is 0 Å². The molecule has 1 saturated heterocycles. The molecule has 3 heteroatoms. The molecular formula is C11H16N2O. The maximum Gasteiger partial charge on any atom is 0.0703 e. The monoisotopic (exact) mass is 192 g/mol. The van der Waals surface area contributed by atoms with Crippen LogP contribution >= 0.6 is 0 Å². The Morgan fingerprint density at radius 2 is 2.29 bits per heavy atom. The van der Waals surface area contributed by atoms with Crippen LogP contribution in [0, 0.1) is 0 Å². The molecule has 0 amide bonds. The highest BCUT2D eigenvalue weighted by Gasteiger charge is 2.12. The van der Waals surface area contributed by atoms with Gasteiger partial charge in [-0.1, -0.05) is 0 Å². The Hall–Kier alpha value is -0.930. The summed E-state index contributed by atoms with van der Waals surface area (Å²) >= 11 is 0. The summed E-state index contributed by atoms with van der Waals surface area (Å²) in [5.74, 6) is 0. The Kier molecular flexibility index (Phi) is 3.49. The van der Waals surface area contributed by atoms with Crippen molar-refractivity contribution in [1.29, 1.82) is 0 Å². The second kappa shape index (κ2) is 5.08. The molecule has 76 valence electrons. The van der Waals surface area contributed by atoms with Crippen molar-refractivity contribution in [3.63, 3.8) is 0 Å². The second-order valence-electron chi connectivity index (χ2n) is 3.59. The van der Waals surface area contributed by atoms with Gasteiger partial charge in [-0.3, -0.25) is 4.98 Å². The van der Waals surface area contributed by atoms with E-state index >= 15 is 0 Å². The van der Waals surface area contributed by atoms with E-state index in [0.29, 0.717) is 6.10 Å². The summed E-state index contributed by atoms with van der Waals surface area (Å²) in [5.41, 5.74) is 1.34. The largest absolute Gasteiger partial charge is 0.376 e. The normalized spacial score (nSPS) is 22.1. The quantitative estimate of drug-likeness (QED) is 0.776. The number of hydrogen-bond acceptors (Lipinski definition) is 3. The van der Waals surface area contributed by atoms with Crippen LogP contribution in [0.4, 0.5) is 0 Å². The molecule has 0 spiro atoms. The third kappa shape index (κ3) is 2.79. The molecule has 0 bridgehead atoms. The molecule has 1 N–H and O–H groups in total. The third-order valence-corrected chi connectivity index (χ3v) is 2.51. The van der Waals surface area contributed by atoms with Gasteiger partial charge in [0.15, 0.2) is 0 Å². The zero-order valence-electron chi connectivity index (χ0n) is 8.28. The maximum atomic E-state index is 5.62. The van der Waals surface area contributed by atoms with Crippen molar-refractivity contribution >= 4 is 0 Å². The van der Waals surface area contributed by atoms with E-state index in [0.717, 1.165) is 32.5 Å². The van der Waals surface area contributed by atoms with Crippen molar-refractivity contribution in [1.82, 2.24) is 10.3 Å². The lowest BCUT2D eigenvalue weighted by Crippen LogP contribution is -2.38. The minimum atomic E-state index is 0.386. The van der Waals surface area contributed by atoms with Crippen LogP contribution in [0.25, 0.3) is 0 Å². The number of hydrogen-bond donors (Lipinski definition) is 1. The molecule has 0 unspecified atom stereocenters. The fourth-order valence-electron chi connectivity index (χ4n) is 1.68. The molecule has 1 aliphatic heterocycles. The van der Waals surface area contributed by atoms with Crippen LogP contribution in [0.3, 0.4) is 0 Å². The Morgan fingerprint density at radius 3 is 3.00 bits per heavy atom. The van der Waals surface area contributed by atoms with Crippen molar-refractivity contribution in [2.24, 2.45) is 0 Å². The highest BCUT2D eigenvalue weighted by atomic mass is 16.5. The minimum absolute atomic E-state index is 0.386. The fraction of sp³-hybridized carbons (Fsp3) is 0.545. The van der Waals surface area contributed by atoms with E-state index in [1.54, 1.807) is 0 Å². The van der Waals surface area contributed by atoms with Gasteiger partial charge >= 0.3 is 0 Å². The van der Waals surface area contributed by atoms with Gasteiger partial charge in [0, 0.05) is 25.5 Å². The van der Waals surface area contributed by atoms with Gasteiger partial charge in [0.25, 0.3) is 0 Å². The first-order valence-electron chi connectivity index (χ1n) is 5.16. The Morgan fingerprint density at radius 1 is 1.43 bits per heavy atom. The van der Waals surface area contributed by atoms with Gasteiger partial charge in [0.05, 0.1) is 12.7 Å². The number of aromatic nitrogens is 1. The molecule has 0 saturated carbocycles. The van der Waals surface area contributed by atoms with Crippen molar-refractivity contribution in [3.05, 3.63) is 30.1 Å². The van der Waals surface area contributed by atoms with Gasteiger partial charge in [-0.2, -0.15) is 0 Å². The average Bonchev–Trinajstić information content (AvgIpc) is 2.29. The molecule has 0 radical (unpaired) electrons. The highest BCUT2D eigenvalue weighted by molar-refractivity contribution is 5.09. The first kappa shape index (κ1) is 9.62. The Balaban J connectivity index is 1.76. The number of nitrogens with zero attached hydrogens (tertiary/aromatic N) is 1. The zero-order valence-corrected chi connectivity index (χ0v) is 8.28. The molecule has 14 heavy (non-hydrogen) atoms. The molecule has 1 aliphatic rings. The van der Waals surface area contributed by atoms with Crippen LogP contribution in [0.5, 0.6) is 0 Å². The Bertz CT molecular complexity index is 257. The van der Waals surface area contributed by atoms with Crippen LogP contribution in [-0.2, 0) is 11.2 Å². The summed E-state index contributed by atoms with van der Waals surface area (Å²) in [7, 11) is 0. The van der Waals surface area contributed by atoms with E-state index < -0.39 is 0 Å². The smallest absolute Gasteiger partial charge is 0.0703 e. The number of pyridine rings is 1. The summed E-state index contributed by atoms with van der Waals surface area (Å²) in [6.45, 7) is 2.83. The standard InChI is InChI=1S/C11H16N2O/c1(10-3-5-12-6-4-10)2-11-9-13-7-8-14-11/h3-6,11,13H,1-2,7-9H2/t11-/m0/s1. The van der Waals surface area contributed by atoms with Crippen molar-refractivity contribution in [2.45, 2.75) is 18.9 Å². The van der Waals surface area contributed by atoms with Crippen molar-refractivity contribution < 1.29 is 4.74 Å². The molecule has 1 aromatic heterocycles. The molecule has 3 nitrogen and oxygen atoms in total. The molecule has 0 aromatic carbocycles. The average molecular weight is 192 g/mol. The first-order chi connectivity index (χ1) is 6.95. The molecule has 1 aromatic rings. The van der Waals surface area contributed by atoms with Crippen LogP contribution in [0.15, 0.2) is 24.5 Å². The minimum Gasteiger partial charge on any atom is -0.376 e. The molecule has 1 fully saturated rings. The molecule has 2 heterocycles. The summed E-state index contributed by atoms with van der Waals surface area (Å²) in [4.78, 5) is 4.00. The zero-order chi connectivity index (χ0) is 9.64. The third-order valence-electron chi connectivity index (χ3n) is 2.51. The second-order valence-corrected chi connectivity index (χ2v) is 3.59. The van der Waals surface area contributed by atoms with Crippen LogP contribution in [0.2, 0.25) is 0 Å². The van der Waals surface area contributed by atoms with Gasteiger partial charge < -0.3 is 10.1 Å². The van der Waals surface area contributed by atoms with Gasteiger partial charge in [0.2, 0.25) is 0 Å². The van der Waals surface area contributed by atoms with Crippen LogP contribution in [-0.4, -0.2) is 30.8 Å². The number of nitrogens with one attached hydrogen (secondary N) is 1. The molecule has 2 rings (SSSR count). The van der Waals surface area contributed by atoms with E-state index in [1.165, 1.54) is 5.56 Å². The topological polar surface area (TPSA) is 34.1 Å². The summed E-state index contributed by atoms with van der Waals surface area (Å²) in [6.07, 6.45) is 6.24. The number of ether oxygens (including phenoxy) is 1. The molecule has 1 atom stereocenters. The van der Waals surface area contributed by atoms with Crippen LogP contribution in [0.1, 0.15) is 12.0 Å². The maximum absolute atomic E-state index is 5.62. The summed E-state index contributed by atoms with van der Waals surface area (Å²) in [5, 5.41) is 3.33. The van der Waals surface area contributed by atoms with E-state index in [4.69, 9.17) is 4.74 Å². The SMILES string of the molecule is c1cc(CC[C@H]2CNCCO2)ccn1. The van der Waals surface area contributed by atoms with Crippen molar-refractivity contribution in [2.75, 3.05) is 19.7 Å². The summed E-state index contributed by atoms with van der Waals surface area (Å²) < 4.78 is 5.62.